The van der Waals surface area contributed by atoms with Gasteiger partial charge < -0.3 is 28.3 Å². The smallest absolute Gasteiger partial charge is 0.444 e. The van der Waals surface area contributed by atoms with Crippen LogP contribution in [0.2, 0.25) is 12.1 Å². The predicted octanol–water partition coefficient (Wildman–Crippen LogP) is 4.96. The van der Waals surface area contributed by atoms with Crippen molar-refractivity contribution in [3.63, 3.8) is 0 Å². The van der Waals surface area contributed by atoms with Gasteiger partial charge in [0.2, 0.25) is 0 Å². The molecule has 2 rings (SSSR count). The van der Waals surface area contributed by atoms with Gasteiger partial charge in [-0.2, -0.15) is 0 Å². The number of nitrogens with zero attached hydrogens (tertiary/aromatic N) is 1. The minimum atomic E-state index is -0.595. The van der Waals surface area contributed by atoms with Gasteiger partial charge in [-0.3, -0.25) is 0 Å². The highest BCUT2D eigenvalue weighted by atomic mass is 16.7. The second kappa shape index (κ2) is 8.97. The molecule has 0 aromatic rings. The van der Waals surface area contributed by atoms with Crippen LogP contribution >= 0.6 is 0 Å². The minimum absolute atomic E-state index is 0.196. The lowest BCUT2D eigenvalue weighted by Crippen LogP contribution is -2.43. The van der Waals surface area contributed by atoms with Gasteiger partial charge in [-0.25, -0.2) is 4.79 Å². The predicted molar refractivity (Wildman–Crippen MR) is 129 cm³/mol. The van der Waals surface area contributed by atoms with Gasteiger partial charge in [0.05, 0.1) is 22.4 Å². The third-order valence-corrected chi connectivity index (χ3v) is 6.91. The second-order valence-electron chi connectivity index (χ2n) is 12.0. The molecule has 0 radical (unpaired) electrons. The molecule has 0 aromatic heterocycles. The Morgan fingerprint density at radius 3 is 1.78 bits per heavy atom. The molecule has 1 amide bonds. The van der Waals surface area contributed by atoms with Crippen LogP contribution in [0.5, 0.6) is 0 Å². The summed E-state index contributed by atoms with van der Waals surface area (Å²) in [5, 5.41) is 0. The maximum absolute atomic E-state index is 12.9. The number of carbonyl (C=O) groups excluding carboxylic acids is 1. The lowest BCUT2D eigenvalue weighted by atomic mass is 9.61. The number of hydrogen-bond acceptors (Lipinski definition) is 6. The molecule has 2 aliphatic heterocycles. The highest BCUT2D eigenvalue weighted by Gasteiger charge is 2.57. The van der Waals surface area contributed by atoms with Crippen molar-refractivity contribution in [3.8, 4) is 0 Å². The number of hydrogen-bond donors (Lipinski definition) is 0. The van der Waals surface area contributed by atoms with Crippen LogP contribution in [0.1, 0.15) is 76.2 Å². The third kappa shape index (κ3) is 6.10. The SMILES string of the molecule is C=CCN(C[C@@H](CB1OC(C)(C)C(C)(C)O1)B1OC(C)(C)C(C)(C)O1)C(=O)OC(C)(C)C. The first kappa shape index (κ1) is 27.2. The van der Waals surface area contributed by atoms with Crippen LogP contribution in [0, 0.1) is 0 Å². The van der Waals surface area contributed by atoms with Gasteiger partial charge in [-0.05, 0) is 82.5 Å². The lowest BCUT2D eigenvalue weighted by Gasteiger charge is -2.32. The summed E-state index contributed by atoms with van der Waals surface area (Å²) in [6.45, 7) is 26.3. The topological polar surface area (TPSA) is 66.5 Å². The summed E-state index contributed by atoms with van der Waals surface area (Å²) in [6.07, 6.45) is 1.81. The van der Waals surface area contributed by atoms with Gasteiger partial charge in [0.15, 0.2) is 0 Å². The molecular formula is C23H43B2NO6. The molecule has 0 N–H and O–H groups in total. The highest BCUT2D eigenvalue weighted by molar-refractivity contribution is 6.53. The summed E-state index contributed by atoms with van der Waals surface area (Å²) in [4.78, 5) is 14.5. The molecule has 0 bridgehead atoms. The number of rotatable bonds is 7. The van der Waals surface area contributed by atoms with Gasteiger partial charge in [0.25, 0.3) is 0 Å². The molecule has 1 atom stereocenters. The quantitative estimate of drug-likeness (QED) is 0.403. The first-order valence-electron chi connectivity index (χ1n) is 11.6. The Morgan fingerprint density at radius 1 is 0.938 bits per heavy atom. The molecule has 0 aromatic carbocycles. The molecule has 2 saturated heterocycles. The second-order valence-corrected chi connectivity index (χ2v) is 12.0. The van der Waals surface area contributed by atoms with Gasteiger partial charge in [-0.15, -0.1) is 6.58 Å². The molecule has 0 aliphatic carbocycles. The molecule has 0 spiro atoms. The summed E-state index contributed by atoms with van der Waals surface area (Å²) < 4.78 is 30.9. The maximum Gasteiger partial charge on any atom is 0.462 e. The first-order chi connectivity index (χ1) is 14.3. The van der Waals surface area contributed by atoms with E-state index in [1.165, 1.54) is 0 Å². The van der Waals surface area contributed by atoms with E-state index in [9.17, 15) is 4.79 Å². The van der Waals surface area contributed by atoms with E-state index >= 15 is 0 Å². The van der Waals surface area contributed by atoms with E-state index in [0.29, 0.717) is 19.4 Å². The van der Waals surface area contributed by atoms with E-state index < -0.39 is 48.3 Å². The van der Waals surface area contributed by atoms with Crippen molar-refractivity contribution in [3.05, 3.63) is 12.7 Å². The van der Waals surface area contributed by atoms with E-state index in [1.807, 2.05) is 76.2 Å². The Balaban J connectivity index is 2.27. The monoisotopic (exact) mass is 451 g/mol. The van der Waals surface area contributed by atoms with Gasteiger partial charge >= 0.3 is 20.3 Å². The summed E-state index contributed by atoms with van der Waals surface area (Å²) in [5.41, 5.74) is -2.45. The van der Waals surface area contributed by atoms with E-state index in [-0.39, 0.29) is 5.82 Å². The summed E-state index contributed by atoms with van der Waals surface area (Å²) in [5.74, 6) is -0.196. The van der Waals surface area contributed by atoms with Crippen LogP contribution in [-0.4, -0.2) is 66.3 Å². The zero-order valence-electron chi connectivity index (χ0n) is 22.0. The van der Waals surface area contributed by atoms with Gasteiger partial charge in [-0.1, -0.05) is 6.08 Å². The Hall–Kier alpha value is -1.02. The van der Waals surface area contributed by atoms with E-state index in [1.54, 1.807) is 11.0 Å². The molecular weight excluding hydrogens is 408 g/mol. The van der Waals surface area contributed by atoms with E-state index in [0.717, 1.165) is 0 Å². The number of ether oxygens (including phenoxy) is 1. The summed E-state index contributed by atoms with van der Waals surface area (Å²) >= 11 is 0. The standard InChI is InChI=1S/C23H43B2NO6/c1-13-14-26(18(27)28-19(2,3)4)16-17(25-31-22(9,10)23(11,12)32-25)15-24-29-20(5,6)21(7,8)30-24/h13,17H,1,14-16H2,2-12H3/t17-/m1/s1. The third-order valence-electron chi connectivity index (χ3n) is 6.91. The van der Waals surface area contributed by atoms with Gasteiger partial charge in [0, 0.05) is 18.9 Å². The maximum atomic E-state index is 12.9. The van der Waals surface area contributed by atoms with Crippen LogP contribution in [0.25, 0.3) is 0 Å². The average molecular weight is 451 g/mol. The minimum Gasteiger partial charge on any atom is -0.444 e. The molecule has 0 unspecified atom stereocenters. The zero-order valence-corrected chi connectivity index (χ0v) is 22.0. The Morgan fingerprint density at radius 2 is 1.38 bits per heavy atom. The Bertz CT molecular complexity index is 669. The van der Waals surface area contributed by atoms with Crippen LogP contribution in [0.15, 0.2) is 12.7 Å². The van der Waals surface area contributed by atoms with Crippen molar-refractivity contribution in [2.24, 2.45) is 0 Å². The fourth-order valence-electron chi connectivity index (χ4n) is 3.65. The molecule has 32 heavy (non-hydrogen) atoms. The molecule has 0 saturated carbocycles. The highest BCUT2D eigenvalue weighted by Crippen LogP contribution is 2.44. The average Bonchev–Trinajstić information content (AvgIpc) is 2.90. The summed E-state index contributed by atoms with van der Waals surface area (Å²) in [7, 11) is -0.956. The fraction of sp³-hybridized carbons (Fsp3) is 0.870. The van der Waals surface area contributed by atoms with Gasteiger partial charge in [0.1, 0.15) is 5.60 Å². The number of carbonyl (C=O) groups is 1. The fourth-order valence-corrected chi connectivity index (χ4v) is 3.65. The molecule has 2 heterocycles. The largest absolute Gasteiger partial charge is 0.462 e. The van der Waals surface area contributed by atoms with Crippen molar-refractivity contribution in [1.82, 2.24) is 4.90 Å². The zero-order chi connectivity index (χ0) is 24.8. The normalized spacial score (nSPS) is 24.3. The molecule has 2 fully saturated rings. The molecule has 7 nitrogen and oxygen atoms in total. The van der Waals surface area contributed by atoms with Crippen molar-refractivity contribution < 1.29 is 28.1 Å². The van der Waals surface area contributed by atoms with Crippen molar-refractivity contribution in [2.75, 3.05) is 13.1 Å². The summed E-state index contributed by atoms with van der Waals surface area (Å²) in [6, 6.07) is 0. The van der Waals surface area contributed by atoms with Crippen LogP contribution < -0.4 is 0 Å². The molecule has 2 aliphatic rings. The molecule has 182 valence electrons. The van der Waals surface area contributed by atoms with Crippen molar-refractivity contribution >= 4 is 20.3 Å². The van der Waals surface area contributed by atoms with Crippen LogP contribution in [0.3, 0.4) is 0 Å². The van der Waals surface area contributed by atoms with E-state index in [4.69, 9.17) is 23.4 Å². The Kier molecular flexibility index (Phi) is 7.63. The molecule has 9 heteroatoms. The first-order valence-corrected chi connectivity index (χ1v) is 11.6. The van der Waals surface area contributed by atoms with Crippen LogP contribution in [0.4, 0.5) is 4.79 Å². The van der Waals surface area contributed by atoms with E-state index in [2.05, 4.69) is 6.58 Å². The Labute approximate surface area is 195 Å². The number of amides is 1. The van der Waals surface area contributed by atoms with Crippen molar-refractivity contribution in [1.29, 1.82) is 0 Å². The van der Waals surface area contributed by atoms with Crippen molar-refractivity contribution in [2.45, 2.75) is 116 Å². The lowest BCUT2D eigenvalue weighted by molar-refractivity contribution is 0.00578. The van der Waals surface area contributed by atoms with Crippen LogP contribution in [-0.2, 0) is 23.4 Å².